The van der Waals surface area contributed by atoms with Crippen molar-refractivity contribution in [1.29, 1.82) is 0 Å². The zero-order valence-electron chi connectivity index (χ0n) is 8.53. The molecule has 3 nitrogen and oxygen atoms in total. The van der Waals surface area contributed by atoms with Crippen LogP contribution in [0, 0.1) is 0 Å². The highest BCUT2D eigenvalue weighted by Gasteiger charge is 2.34. The van der Waals surface area contributed by atoms with Crippen molar-refractivity contribution in [3.05, 3.63) is 46.7 Å². The number of rotatable bonds is 1. The number of carbonyl (C=O) groups excluding carboxylic acids is 2. The first-order chi connectivity index (χ1) is 7.16. The number of hydrogen-bond acceptors (Lipinski definition) is 3. The molecule has 76 valence electrons. The predicted molar refractivity (Wildman–Crippen MR) is 54.8 cm³/mol. The molecule has 0 saturated carbocycles. The Hall–Kier alpha value is -1.90. The van der Waals surface area contributed by atoms with Crippen LogP contribution in [0.5, 0.6) is 0 Å². The second kappa shape index (κ2) is 3.35. The highest BCUT2D eigenvalue weighted by molar-refractivity contribution is 6.39. The number of carbonyl (C=O) groups is 2. The van der Waals surface area contributed by atoms with Gasteiger partial charge in [0.25, 0.3) is 0 Å². The van der Waals surface area contributed by atoms with Gasteiger partial charge >= 0.3 is 0 Å². The van der Waals surface area contributed by atoms with Crippen LogP contribution in [0.25, 0.3) is 0 Å². The monoisotopic (exact) mass is 202 g/mol. The molecule has 1 aromatic rings. The van der Waals surface area contributed by atoms with E-state index in [2.05, 4.69) is 0 Å². The van der Waals surface area contributed by atoms with Gasteiger partial charge < -0.3 is 4.74 Å². The second-order valence-electron chi connectivity index (χ2n) is 3.34. The van der Waals surface area contributed by atoms with Gasteiger partial charge in [-0.3, -0.25) is 9.59 Å². The van der Waals surface area contributed by atoms with Crippen LogP contribution in [0.1, 0.15) is 27.6 Å². The third kappa shape index (κ3) is 1.28. The topological polar surface area (TPSA) is 43.4 Å². The maximum Gasteiger partial charge on any atom is 0.201 e. The zero-order valence-corrected chi connectivity index (χ0v) is 8.53. The van der Waals surface area contributed by atoms with E-state index in [4.69, 9.17) is 4.74 Å². The second-order valence-corrected chi connectivity index (χ2v) is 3.34. The molecule has 15 heavy (non-hydrogen) atoms. The number of Topliss-reactive ketones (excluding diaryl/α,β-unsaturated/α-hetero) is 2. The Morgan fingerprint density at radius 1 is 1.07 bits per heavy atom. The van der Waals surface area contributed by atoms with Gasteiger partial charge in [-0.05, 0) is 6.92 Å². The van der Waals surface area contributed by atoms with Gasteiger partial charge in [-0.25, -0.2) is 0 Å². The summed E-state index contributed by atoms with van der Waals surface area (Å²) < 4.78 is 4.94. The summed E-state index contributed by atoms with van der Waals surface area (Å²) >= 11 is 0. The lowest BCUT2D eigenvalue weighted by Crippen LogP contribution is -2.04. The Morgan fingerprint density at radius 3 is 1.93 bits per heavy atom. The van der Waals surface area contributed by atoms with E-state index in [1.165, 1.54) is 7.11 Å². The molecule has 0 aromatic heterocycles. The van der Waals surface area contributed by atoms with Gasteiger partial charge in [0.15, 0.2) is 0 Å². The van der Waals surface area contributed by atoms with Gasteiger partial charge in [0.2, 0.25) is 11.6 Å². The lowest BCUT2D eigenvalue weighted by molar-refractivity contribution is 0.0977. The van der Waals surface area contributed by atoms with Crippen molar-refractivity contribution in [1.82, 2.24) is 0 Å². The van der Waals surface area contributed by atoms with Crippen LogP contribution in [0.2, 0.25) is 0 Å². The Balaban J connectivity index is 2.65. The molecule has 0 heterocycles. The van der Waals surface area contributed by atoms with Crippen LogP contribution in [-0.2, 0) is 4.74 Å². The third-order valence-corrected chi connectivity index (χ3v) is 2.53. The smallest absolute Gasteiger partial charge is 0.201 e. The lowest BCUT2D eigenvalue weighted by Gasteiger charge is -2.00. The molecule has 0 unspecified atom stereocenters. The summed E-state index contributed by atoms with van der Waals surface area (Å²) in [7, 11) is 1.45. The molecule has 1 aliphatic carbocycles. The Morgan fingerprint density at radius 2 is 1.53 bits per heavy atom. The molecule has 0 N–H and O–H groups in total. The van der Waals surface area contributed by atoms with E-state index in [-0.39, 0.29) is 17.1 Å². The maximum atomic E-state index is 11.8. The minimum Gasteiger partial charge on any atom is -0.500 e. The molecule has 0 spiro atoms. The van der Waals surface area contributed by atoms with E-state index < -0.39 is 0 Å². The van der Waals surface area contributed by atoms with Crippen LogP contribution in [0.15, 0.2) is 35.6 Å². The standard InChI is InChI=1S/C12H10O3/c1-7(15-2)10-11(13)8-5-3-4-6-9(8)12(10)14/h3-6H,1-2H3. The van der Waals surface area contributed by atoms with Gasteiger partial charge in [0, 0.05) is 11.1 Å². The van der Waals surface area contributed by atoms with Crippen LogP contribution in [-0.4, -0.2) is 18.7 Å². The van der Waals surface area contributed by atoms with E-state index >= 15 is 0 Å². The summed E-state index contributed by atoms with van der Waals surface area (Å²) in [6, 6.07) is 6.81. The van der Waals surface area contributed by atoms with Gasteiger partial charge in [-0.15, -0.1) is 0 Å². The molecule has 0 fully saturated rings. The first-order valence-corrected chi connectivity index (χ1v) is 4.60. The summed E-state index contributed by atoms with van der Waals surface area (Å²) in [4.78, 5) is 23.7. The van der Waals surface area contributed by atoms with E-state index in [0.717, 1.165) is 0 Å². The molecule has 1 aromatic carbocycles. The summed E-state index contributed by atoms with van der Waals surface area (Å²) in [5, 5.41) is 0. The number of ketones is 2. The van der Waals surface area contributed by atoms with E-state index in [1.54, 1.807) is 31.2 Å². The fourth-order valence-corrected chi connectivity index (χ4v) is 1.67. The van der Waals surface area contributed by atoms with E-state index in [9.17, 15) is 9.59 Å². The molecule has 1 aliphatic rings. The minimum absolute atomic E-state index is 0.152. The highest BCUT2D eigenvalue weighted by Crippen LogP contribution is 2.28. The van der Waals surface area contributed by atoms with Gasteiger partial charge in [-0.2, -0.15) is 0 Å². The van der Waals surface area contributed by atoms with Crippen LogP contribution < -0.4 is 0 Å². The number of methoxy groups -OCH3 is 1. The number of benzene rings is 1. The molecule has 2 rings (SSSR count). The molecular weight excluding hydrogens is 192 g/mol. The first kappa shape index (κ1) is 9.65. The lowest BCUT2D eigenvalue weighted by atomic mass is 10.1. The van der Waals surface area contributed by atoms with Crippen LogP contribution in [0.3, 0.4) is 0 Å². The molecule has 0 radical (unpaired) electrons. The Kier molecular flexibility index (Phi) is 2.15. The van der Waals surface area contributed by atoms with Crippen molar-refractivity contribution in [3.8, 4) is 0 Å². The summed E-state index contributed by atoms with van der Waals surface area (Å²) in [6.07, 6.45) is 0. The molecule has 0 bridgehead atoms. The molecule has 0 atom stereocenters. The molecule has 0 saturated heterocycles. The predicted octanol–water partition coefficient (Wildman–Crippen LogP) is 1.99. The van der Waals surface area contributed by atoms with Crippen molar-refractivity contribution < 1.29 is 14.3 Å². The van der Waals surface area contributed by atoms with Crippen molar-refractivity contribution in [2.75, 3.05) is 7.11 Å². The average Bonchev–Trinajstić information content (AvgIpc) is 2.52. The molecular formula is C12H10O3. The number of ether oxygens (including phenoxy) is 1. The van der Waals surface area contributed by atoms with Crippen LogP contribution in [0.4, 0.5) is 0 Å². The number of hydrogen-bond donors (Lipinski definition) is 0. The quantitative estimate of drug-likeness (QED) is 0.397. The third-order valence-electron chi connectivity index (χ3n) is 2.53. The fourth-order valence-electron chi connectivity index (χ4n) is 1.67. The molecule has 0 aliphatic heterocycles. The average molecular weight is 202 g/mol. The van der Waals surface area contributed by atoms with Crippen molar-refractivity contribution >= 4 is 11.6 Å². The largest absolute Gasteiger partial charge is 0.500 e. The van der Waals surface area contributed by atoms with Gasteiger partial charge in [0.1, 0.15) is 11.3 Å². The SMILES string of the molecule is COC(C)=C1C(=O)c2ccccc2C1=O. The summed E-state index contributed by atoms with van der Waals surface area (Å²) in [6.45, 7) is 1.62. The van der Waals surface area contributed by atoms with Crippen molar-refractivity contribution in [2.45, 2.75) is 6.92 Å². The Bertz CT molecular complexity index is 446. The number of fused-ring (bicyclic) bond motifs is 1. The number of allylic oxidation sites excluding steroid dienone is 2. The van der Waals surface area contributed by atoms with Gasteiger partial charge in [0.05, 0.1) is 7.11 Å². The normalized spacial score (nSPS) is 14.1. The van der Waals surface area contributed by atoms with E-state index in [1.807, 2.05) is 0 Å². The fraction of sp³-hybridized carbons (Fsp3) is 0.167. The van der Waals surface area contributed by atoms with Crippen molar-refractivity contribution in [3.63, 3.8) is 0 Å². The highest BCUT2D eigenvalue weighted by atomic mass is 16.5. The van der Waals surface area contributed by atoms with Crippen molar-refractivity contribution in [2.24, 2.45) is 0 Å². The van der Waals surface area contributed by atoms with Gasteiger partial charge in [-0.1, -0.05) is 24.3 Å². The zero-order chi connectivity index (χ0) is 11.0. The van der Waals surface area contributed by atoms with E-state index in [0.29, 0.717) is 16.9 Å². The minimum atomic E-state index is -0.241. The molecule has 3 heteroatoms. The maximum absolute atomic E-state index is 11.8. The molecule has 0 amide bonds. The summed E-state index contributed by atoms with van der Waals surface area (Å²) in [5.41, 5.74) is 1.08. The summed E-state index contributed by atoms with van der Waals surface area (Å²) in [5.74, 6) is -0.105. The Labute approximate surface area is 87.4 Å². The van der Waals surface area contributed by atoms with Crippen LogP contribution >= 0.6 is 0 Å². The first-order valence-electron chi connectivity index (χ1n) is 4.60.